The Bertz CT molecular complexity index is 1300. The van der Waals surface area contributed by atoms with E-state index in [0.717, 1.165) is 16.7 Å². The molecule has 1 unspecified atom stereocenters. The first-order valence-electron chi connectivity index (χ1n) is 12.9. The van der Waals surface area contributed by atoms with Crippen LogP contribution in [0.4, 0.5) is 0 Å². The zero-order valence-corrected chi connectivity index (χ0v) is 23.2. The number of nitrogens with zero attached hydrogens (tertiary/aromatic N) is 2. The average molecular weight is 547 g/mol. The number of amides is 3. The smallest absolute Gasteiger partial charge is 0.254 e. The van der Waals surface area contributed by atoms with E-state index in [2.05, 4.69) is 15.6 Å². The maximum atomic E-state index is 13.7. The summed E-state index contributed by atoms with van der Waals surface area (Å²) in [6, 6.07) is 18.6. The third kappa shape index (κ3) is 6.85. The van der Waals surface area contributed by atoms with Crippen molar-refractivity contribution in [3.8, 4) is 0 Å². The number of rotatable bonds is 9. The molecule has 2 heterocycles. The molecule has 8 nitrogen and oxygen atoms in total. The standard InChI is InChI=1S/C30H34N4O4S/c1-20-9-7-8-12-23(20)18-32-28(37)26-30(2,3)39-19-34(26)29(38)25(35)24(17-21-10-5-4-6-11-21)33-27(36)22-13-15-31-16-14-22/h4-16,24-26,35H,17-19H2,1-3H3,(H,32,37)(H,33,36)/t24?,25-,26+/m0/s1. The van der Waals surface area contributed by atoms with Crippen LogP contribution in [0.15, 0.2) is 79.1 Å². The van der Waals surface area contributed by atoms with Gasteiger partial charge in [-0.05, 0) is 56.0 Å². The van der Waals surface area contributed by atoms with Gasteiger partial charge in [0.1, 0.15) is 6.04 Å². The lowest BCUT2D eigenvalue weighted by atomic mass is 9.97. The highest BCUT2D eigenvalue weighted by Gasteiger charge is 2.49. The van der Waals surface area contributed by atoms with Crippen LogP contribution in [0.1, 0.15) is 40.9 Å². The van der Waals surface area contributed by atoms with Crippen LogP contribution in [-0.2, 0) is 22.6 Å². The van der Waals surface area contributed by atoms with Crippen molar-refractivity contribution in [1.29, 1.82) is 0 Å². The van der Waals surface area contributed by atoms with Gasteiger partial charge in [0.05, 0.1) is 11.9 Å². The summed E-state index contributed by atoms with van der Waals surface area (Å²) in [5.74, 6) is -1.05. The molecule has 0 spiro atoms. The lowest BCUT2D eigenvalue weighted by Crippen LogP contribution is -2.58. The molecule has 1 aliphatic rings. The zero-order chi connectivity index (χ0) is 28.0. The van der Waals surface area contributed by atoms with Gasteiger partial charge in [0.2, 0.25) is 5.91 Å². The number of aliphatic hydroxyl groups is 1. The number of pyridine rings is 1. The number of nitrogens with one attached hydrogen (secondary N) is 2. The summed E-state index contributed by atoms with van der Waals surface area (Å²) in [6.45, 7) is 6.16. The summed E-state index contributed by atoms with van der Waals surface area (Å²) in [7, 11) is 0. The van der Waals surface area contributed by atoms with Gasteiger partial charge in [-0.15, -0.1) is 11.8 Å². The van der Waals surface area contributed by atoms with E-state index in [-0.39, 0.29) is 18.2 Å². The highest BCUT2D eigenvalue weighted by atomic mass is 32.2. The lowest BCUT2D eigenvalue weighted by molar-refractivity contribution is -0.147. The van der Waals surface area contributed by atoms with Gasteiger partial charge in [0, 0.05) is 29.2 Å². The highest BCUT2D eigenvalue weighted by Crippen LogP contribution is 2.40. The molecule has 1 aromatic heterocycles. The summed E-state index contributed by atoms with van der Waals surface area (Å²) in [5.41, 5.74) is 3.28. The minimum absolute atomic E-state index is 0.235. The molecule has 3 atom stereocenters. The Hall–Kier alpha value is -3.69. The van der Waals surface area contributed by atoms with Crippen molar-refractivity contribution in [2.75, 3.05) is 5.88 Å². The third-order valence-electron chi connectivity index (χ3n) is 6.98. The van der Waals surface area contributed by atoms with Crippen LogP contribution >= 0.6 is 11.8 Å². The van der Waals surface area contributed by atoms with Gasteiger partial charge in [-0.3, -0.25) is 19.4 Å². The monoisotopic (exact) mass is 546 g/mol. The molecule has 4 rings (SSSR count). The molecule has 39 heavy (non-hydrogen) atoms. The summed E-state index contributed by atoms with van der Waals surface area (Å²) in [6.07, 6.45) is 1.69. The van der Waals surface area contributed by atoms with E-state index < -0.39 is 34.7 Å². The number of aryl methyl sites for hydroxylation is 1. The van der Waals surface area contributed by atoms with Gasteiger partial charge in [-0.1, -0.05) is 54.6 Å². The van der Waals surface area contributed by atoms with Crippen LogP contribution in [0, 0.1) is 6.92 Å². The van der Waals surface area contributed by atoms with Crippen molar-refractivity contribution in [2.45, 2.75) is 56.7 Å². The quantitative estimate of drug-likeness (QED) is 0.380. The number of thioether (sulfide) groups is 1. The molecule has 1 fully saturated rings. The maximum absolute atomic E-state index is 13.7. The summed E-state index contributed by atoms with van der Waals surface area (Å²) in [4.78, 5) is 45.5. The molecule has 0 bridgehead atoms. The van der Waals surface area contributed by atoms with Gasteiger partial charge in [-0.2, -0.15) is 0 Å². The van der Waals surface area contributed by atoms with Crippen molar-refractivity contribution in [3.63, 3.8) is 0 Å². The SMILES string of the molecule is Cc1ccccc1CNC(=O)[C@H]1N(C(=O)[C@@H](O)C(Cc2ccccc2)NC(=O)c2ccncc2)CSC1(C)C. The summed E-state index contributed by atoms with van der Waals surface area (Å²) in [5, 5.41) is 17.2. The second-order valence-electron chi connectivity index (χ2n) is 10.2. The molecule has 0 saturated carbocycles. The normalized spacial score (nSPS) is 17.7. The molecule has 3 amide bonds. The predicted molar refractivity (Wildman–Crippen MR) is 152 cm³/mol. The van der Waals surface area contributed by atoms with Crippen molar-refractivity contribution >= 4 is 29.5 Å². The van der Waals surface area contributed by atoms with Crippen LogP contribution in [0.3, 0.4) is 0 Å². The van der Waals surface area contributed by atoms with Crippen LogP contribution in [0.5, 0.6) is 0 Å². The Balaban J connectivity index is 1.53. The van der Waals surface area contributed by atoms with E-state index >= 15 is 0 Å². The van der Waals surface area contributed by atoms with Crippen LogP contribution in [0.25, 0.3) is 0 Å². The van der Waals surface area contributed by atoms with E-state index in [1.54, 1.807) is 12.1 Å². The average Bonchev–Trinajstić information content (AvgIpc) is 3.27. The fourth-order valence-corrected chi connectivity index (χ4v) is 5.85. The van der Waals surface area contributed by atoms with Crippen molar-refractivity contribution < 1.29 is 19.5 Å². The molecule has 3 aromatic rings. The first-order chi connectivity index (χ1) is 18.7. The second kappa shape index (κ2) is 12.4. The largest absolute Gasteiger partial charge is 0.381 e. The molecule has 0 aliphatic carbocycles. The van der Waals surface area contributed by atoms with Crippen molar-refractivity contribution in [2.24, 2.45) is 0 Å². The third-order valence-corrected chi connectivity index (χ3v) is 8.36. The maximum Gasteiger partial charge on any atom is 0.254 e. The minimum Gasteiger partial charge on any atom is -0.381 e. The fourth-order valence-electron chi connectivity index (χ4n) is 4.71. The topological polar surface area (TPSA) is 112 Å². The number of carbonyl (C=O) groups excluding carboxylic acids is 3. The van der Waals surface area contributed by atoms with Gasteiger partial charge in [-0.25, -0.2) is 0 Å². The number of aromatic nitrogens is 1. The first kappa shape index (κ1) is 28.3. The summed E-state index contributed by atoms with van der Waals surface area (Å²) < 4.78 is -0.569. The Morgan fingerprint density at radius 3 is 2.41 bits per heavy atom. The van der Waals surface area contributed by atoms with Gasteiger partial charge in [0.15, 0.2) is 6.10 Å². The Morgan fingerprint density at radius 1 is 1.05 bits per heavy atom. The van der Waals surface area contributed by atoms with E-state index in [4.69, 9.17) is 0 Å². The molecule has 0 radical (unpaired) electrons. The van der Waals surface area contributed by atoms with Gasteiger partial charge < -0.3 is 20.6 Å². The molecule has 1 saturated heterocycles. The van der Waals surface area contributed by atoms with E-state index in [0.29, 0.717) is 12.1 Å². The molecule has 2 aromatic carbocycles. The van der Waals surface area contributed by atoms with Crippen LogP contribution in [0.2, 0.25) is 0 Å². The highest BCUT2D eigenvalue weighted by molar-refractivity contribution is 8.00. The van der Waals surface area contributed by atoms with Crippen LogP contribution < -0.4 is 10.6 Å². The molecule has 204 valence electrons. The fraction of sp³-hybridized carbons (Fsp3) is 0.333. The Morgan fingerprint density at radius 2 is 1.72 bits per heavy atom. The van der Waals surface area contributed by atoms with Gasteiger partial charge in [0.25, 0.3) is 11.8 Å². The van der Waals surface area contributed by atoms with Crippen molar-refractivity contribution in [3.05, 3.63) is 101 Å². The summed E-state index contributed by atoms with van der Waals surface area (Å²) >= 11 is 1.48. The molecule has 1 aliphatic heterocycles. The number of aliphatic hydroxyl groups excluding tert-OH is 1. The van der Waals surface area contributed by atoms with Crippen molar-refractivity contribution in [1.82, 2.24) is 20.5 Å². The van der Waals surface area contributed by atoms with E-state index in [1.165, 1.54) is 29.1 Å². The number of hydrogen-bond acceptors (Lipinski definition) is 6. The van der Waals surface area contributed by atoms with E-state index in [1.807, 2.05) is 75.4 Å². The Labute approximate surface area is 233 Å². The number of hydrogen-bond donors (Lipinski definition) is 3. The molecule has 9 heteroatoms. The molecular formula is C30H34N4O4S. The number of benzene rings is 2. The van der Waals surface area contributed by atoms with Crippen LogP contribution in [-0.4, -0.2) is 61.5 Å². The molecule has 3 N–H and O–H groups in total. The minimum atomic E-state index is -1.56. The zero-order valence-electron chi connectivity index (χ0n) is 22.3. The molecular weight excluding hydrogens is 512 g/mol. The second-order valence-corrected chi connectivity index (χ2v) is 11.8. The number of carbonyl (C=O) groups is 3. The van der Waals surface area contributed by atoms with Gasteiger partial charge >= 0.3 is 0 Å². The predicted octanol–water partition coefficient (Wildman–Crippen LogP) is 3.09. The van der Waals surface area contributed by atoms with E-state index in [9.17, 15) is 19.5 Å². The Kier molecular flexibility index (Phi) is 9.04. The first-order valence-corrected chi connectivity index (χ1v) is 13.9. The lowest BCUT2D eigenvalue weighted by Gasteiger charge is -2.33.